The third-order valence-electron chi connectivity index (χ3n) is 4.69. The number of carbonyl (C=O) groups is 2. The predicted octanol–water partition coefficient (Wildman–Crippen LogP) is 3.31. The number of benzene rings is 1. The predicted molar refractivity (Wildman–Crippen MR) is 91.7 cm³/mol. The fourth-order valence-corrected chi connectivity index (χ4v) is 2.90. The van der Waals surface area contributed by atoms with Gasteiger partial charge in [0.25, 0.3) is 0 Å². The Morgan fingerprint density at radius 2 is 1.62 bits per heavy atom. The van der Waals surface area contributed by atoms with E-state index in [2.05, 4.69) is 10.6 Å². The van der Waals surface area contributed by atoms with Gasteiger partial charge in [-0.15, -0.1) is 0 Å². The minimum Gasteiger partial charge on any atom is -0.352 e. The minimum absolute atomic E-state index is 0.171. The molecule has 1 saturated carbocycles. The Morgan fingerprint density at radius 3 is 2.21 bits per heavy atom. The summed E-state index contributed by atoms with van der Waals surface area (Å²) in [4.78, 5) is 24.9. The number of hydrogen-bond donors (Lipinski definition) is 2. The maximum Gasteiger partial charge on any atom is 0.235 e. The Hall–Kier alpha value is -1.91. The van der Waals surface area contributed by atoms with Crippen LogP contribution in [0, 0.1) is 11.2 Å². The van der Waals surface area contributed by atoms with Crippen LogP contribution in [0.25, 0.3) is 0 Å². The van der Waals surface area contributed by atoms with Crippen molar-refractivity contribution in [1.29, 1.82) is 0 Å². The lowest BCUT2D eigenvalue weighted by molar-refractivity contribution is -0.141. The molecule has 0 unspecified atom stereocenters. The van der Waals surface area contributed by atoms with Crippen LogP contribution < -0.4 is 10.6 Å². The monoisotopic (exact) mass is 334 g/mol. The Balaban J connectivity index is 1.88. The second kappa shape index (κ2) is 8.27. The molecule has 2 N–H and O–H groups in total. The van der Waals surface area contributed by atoms with Gasteiger partial charge in [0.15, 0.2) is 0 Å². The highest BCUT2D eigenvalue weighted by molar-refractivity contribution is 6.04. The summed E-state index contributed by atoms with van der Waals surface area (Å²) < 4.78 is 12.9. The second-order valence-electron chi connectivity index (χ2n) is 7.10. The molecule has 0 radical (unpaired) electrons. The maximum absolute atomic E-state index is 12.9. The molecule has 0 heterocycles. The van der Waals surface area contributed by atoms with Crippen molar-refractivity contribution in [2.75, 3.05) is 0 Å². The van der Waals surface area contributed by atoms with Crippen LogP contribution >= 0.6 is 0 Å². The van der Waals surface area contributed by atoms with E-state index >= 15 is 0 Å². The first kappa shape index (κ1) is 18.4. The van der Waals surface area contributed by atoms with Crippen molar-refractivity contribution >= 4 is 11.8 Å². The molecule has 1 fully saturated rings. The third-order valence-corrected chi connectivity index (χ3v) is 4.69. The van der Waals surface area contributed by atoms with Crippen molar-refractivity contribution in [3.8, 4) is 0 Å². The molecule has 2 rings (SSSR count). The van der Waals surface area contributed by atoms with E-state index in [4.69, 9.17) is 0 Å². The van der Waals surface area contributed by atoms with Gasteiger partial charge in [0.05, 0.1) is 0 Å². The SMILES string of the molecule is CC(C)(C(=O)NCc1ccc(F)cc1)C(=O)NC1CCCCCC1. The van der Waals surface area contributed by atoms with Gasteiger partial charge in [-0.1, -0.05) is 37.8 Å². The molecule has 1 aliphatic rings. The van der Waals surface area contributed by atoms with Crippen LogP contribution in [0.15, 0.2) is 24.3 Å². The second-order valence-corrected chi connectivity index (χ2v) is 7.10. The Kier molecular flexibility index (Phi) is 6.35. The summed E-state index contributed by atoms with van der Waals surface area (Å²) in [7, 11) is 0. The lowest BCUT2D eigenvalue weighted by Crippen LogP contribution is -2.50. The first-order chi connectivity index (χ1) is 11.4. The normalized spacial score (nSPS) is 16.3. The van der Waals surface area contributed by atoms with Crippen LogP contribution in [-0.2, 0) is 16.1 Å². The summed E-state index contributed by atoms with van der Waals surface area (Å²) >= 11 is 0. The molecule has 5 heteroatoms. The van der Waals surface area contributed by atoms with Crippen molar-refractivity contribution < 1.29 is 14.0 Å². The van der Waals surface area contributed by atoms with Crippen LogP contribution in [0.5, 0.6) is 0 Å². The standard InChI is InChI=1S/C19H27FN2O2/c1-19(2,18(24)22-16-7-5-3-4-6-8-16)17(23)21-13-14-9-11-15(20)12-10-14/h9-12,16H,3-8,13H2,1-2H3,(H,21,23)(H,22,24). The zero-order chi connectivity index (χ0) is 17.6. The first-order valence-electron chi connectivity index (χ1n) is 8.73. The van der Waals surface area contributed by atoms with Gasteiger partial charge < -0.3 is 10.6 Å². The van der Waals surface area contributed by atoms with Gasteiger partial charge in [-0.25, -0.2) is 4.39 Å². The summed E-state index contributed by atoms with van der Waals surface area (Å²) in [6.45, 7) is 3.55. The van der Waals surface area contributed by atoms with E-state index in [1.807, 2.05) is 0 Å². The summed E-state index contributed by atoms with van der Waals surface area (Å²) in [5.74, 6) is -0.864. The molecule has 0 aromatic heterocycles. The van der Waals surface area contributed by atoms with E-state index in [0.717, 1.165) is 31.2 Å². The molecule has 0 atom stereocenters. The van der Waals surface area contributed by atoms with E-state index in [1.165, 1.54) is 25.0 Å². The molecule has 1 aromatic rings. The smallest absolute Gasteiger partial charge is 0.235 e. The quantitative estimate of drug-likeness (QED) is 0.641. The van der Waals surface area contributed by atoms with Gasteiger partial charge in [-0.3, -0.25) is 9.59 Å². The highest BCUT2D eigenvalue weighted by Gasteiger charge is 2.36. The fourth-order valence-electron chi connectivity index (χ4n) is 2.90. The lowest BCUT2D eigenvalue weighted by atomic mass is 9.90. The molecule has 4 nitrogen and oxygen atoms in total. The van der Waals surface area contributed by atoms with E-state index in [1.54, 1.807) is 26.0 Å². The molecule has 24 heavy (non-hydrogen) atoms. The minimum atomic E-state index is -1.13. The number of amides is 2. The summed E-state index contributed by atoms with van der Waals surface area (Å²) in [5.41, 5.74) is -0.337. The Morgan fingerprint density at radius 1 is 1.04 bits per heavy atom. The van der Waals surface area contributed by atoms with Crippen LogP contribution in [0.2, 0.25) is 0 Å². The molecule has 0 saturated heterocycles. The third kappa shape index (κ3) is 5.05. The van der Waals surface area contributed by atoms with Crippen molar-refractivity contribution in [2.24, 2.45) is 5.41 Å². The summed E-state index contributed by atoms with van der Waals surface area (Å²) in [6.07, 6.45) is 6.66. The molecular weight excluding hydrogens is 307 g/mol. The number of halogens is 1. The highest BCUT2D eigenvalue weighted by Crippen LogP contribution is 2.21. The molecule has 1 aliphatic carbocycles. The number of rotatable bonds is 5. The molecule has 1 aromatic carbocycles. The van der Waals surface area contributed by atoms with Crippen LogP contribution in [0.4, 0.5) is 4.39 Å². The van der Waals surface area contributed by atoms with Gasteiger partial charge in [0.1, 0.15) is 11.2 Å². The summed E-state index contributed by atoms with van der Waals surface area (Å²) in [5, 5.41) is 5.80. The molecule has 0 bridgehead atoms. The molecule has 0 spiro atoms. The molecule has 132 valence electrons. The Bertz CT molecular complexity index is 561. The number of nitrogens with one attached hydrogen (secondary N) is 2. The van der Waals surface area contributed by atoms with E-state index < -0.39 is 5.41 Å². The lowest BCUT2D eigenvalue weighted by Gasteiger charge is -2.26. The number of hydrogen-bond acceptors (Lipinski definition) is 2. The van der Waals surface area contributed by atoms with E-state index in [-0.39, 0.29) is 30.2 Å². The van der Waals surface area contributed by atoms with Gasteiger partial charge in [-0.05, 0) is 44.4 Å². The van der Waals surface area contributed by atoms with Gasteiger partial charge >= 0.3 is 0 Å². The van der Waals surface area contributed by atoms with Gasteiger partial charge in [0, 0.05) is 12.6 Å². The highest BCUT2D eigenvalue weighted by atomic mass is 19.1. The van der Waals surface area contributed by atoms with Crippen LogP contribution in [-0.4, -0.2) is 17.9 Å². The summed E-state index contributed by atoms with van der Waals surface area (Å²) in [6, 6.07) is 6.11. The molecule has 2 amide bonds. The van der Waals surface area contributed by atoms with Gasteiger partial charge in [0.2, 0.25) is 11.8 Å². The topological polar surface area (TPSA) is 58.2 Å². The molecule has 0 aliphatic heterocycles. The van der Waals surface area contributed by atoms with E-state index in [9.17, 15) is 14.0 Å². The number of carbonyl (C=O) groups excluding carboxylic acids is 2. The Labute approximate surface area is 143 Å². The fraction of sp³-hybridized carbons (Fsp3) is 0.579. The average Bonchev–Trinajstić information content (AvgIpc) is 2.82. The van der Waals surface area contributed by atoms with Crippen molar-refractivity contribution in [1.82, 2.24) is 10.6 Å². The van der Waals surface area contributed by atoms with Crippen molar-refractivity contribution in [3.05, 3.63) is 35.6 Å². The van der Waals surface area contributed by atoms with Gasteiger partial charge in [-0.2, -0.15) is 0 Å². The zero-order valence-electron chi connectivity index (χ0n) is 14.5. The van der Waals surface area contributed by atoms with Crippen molar-refractivity contribution in [3.63, 3.8) is 0 Å². The van der Waals surface area contributed by atoms with Crippen molar-refractivity contribution in [2.45, 2.75) is 65.0 Å². The zero-order valence-corrected chi connectivity index (χ0v) is 14.5. The average molecular weight is 334 g/mol. The maximum atomic E-state index is 12.9. The molecular formula is C19H27FN2O2. The van der Waals surface area contributed by atoms with Crippen LogP contribution in [0.3, 0.4) is 0 Å². The first-order valence-corrected chi connectivity index (χ1v) is 8.73. The van der Waals surface area contributed by atoms with E-state index in [0.29, 0.717) is 0 Å². The van der Waals surface area contributed by atoms with Crippen LogP contribution in [0.1, 0.15) is 57.9 Å². The largest absolute Gasteiger partial charge is 0.352 e.